The summed E-state index contributed by atoms with van der Waals surface area (Å²) < 4.78 is 0. The smallest absolute Gasteiger partial charge is 0.0571 e. The standard InChI is InChI=1S/C22H36N2/c1-6-9-11-13-21(12-10-7-2)20(8-3)16-23-17-22-19(5)14-18(4)15-24-22/h10,12,14-15,23H,6-9,11,13,16-17H2,1-5H3/b12-10-,21-20-. The molecule has 0 bridgehead atoms. The SMILES string of the molecule is CC/C=C\C(CCCCC)=C(/CC)CNCc1ncc(C)cc1C. The summed E-state index contributed by atoms with van der Waals surface area (Å²) in [5, 5.41) is 3.61. The molecule has 0 saturated carbocycles. The third-order valence-corrected chi connectivity index (χ3v) is 4.44. The Hall–Kier alpha value is -1.41. The first kappa shape index (κ1) is 20.6. The average molecular weight is 329 g/mol. The predicted molar refractivity (Wildman–Crippen MR) is 106 cm³/mol. The first-order valence-electron chi connectivity index (χ1n) is 9.62. The molecule has 0 radical (unpaired) electrons. The van der Waals surface area contributed by atoms with Gasteiger partial charge in [-0.15, -0.1) is 0 Å². The number of hydrogen-bond acceptors (Lipinski definition) is 2. The number of nitrogens with one attached hydrogen (secondary N) is 1. The molecule has 2 heteroatoms. The fourth-order valence-electron chi connectivity index (χ4n) is 2.93. The summed E-state index contributed by atoms with van der Waals surface area (Å²) in [4.78, 5) is 4.56. The Morgan fingerprint density at radius 2 is 1.96 bits per heavy atom. The van der Waals surface area contributed by atoms with Crippen molar-refractivity contribution in [1.29, 1.82) is 0 Å². The molecule has 0 aliphatic rings. The number of hydrogen-bond donors (Lipinski definition) is 1. The van der Waals surface area contributed by atoms with Gasteiger partial charge in [0.15, 0.2) is 0 Å². The molecule has 0 aliphatic heterocycles. The average Bonchev–Trinajstić information content (AvgIpc) is 2.57. The van der Waals surface area contributed by atoms with E-state index in [4.69, 9.17) is 0 Å². The fourth-order valence-corrected chi connectivity index (χ4v) is 2.93. The molecule has 24 heavy (non-hydrogen) atoms. The van der Waals surface area contributed by atoms with Crippen molar-refractivity contribution >= 4 is 0 Å². The van der Waals surface area contributed by atoms with Gasteiger partial charge in [0, 0.05) is 19.3 Å². The molecule has 0 spiro atoms. The zero-order valence-electron chi connectivity index (χ0n) is 16.4. The van der Waals surface area contributed by atoms with Crippen molar-refractivity contribution in [3.05, 3.63) is 52.4 Å². The second-order valence-corrected chi connectivity index (χ2v) is 6.63. The molecule has 2 nitrogen and oxygen atoms in total. The highest BCUT2D eigenvalue weighted by atomic mass is 14.9. The first-order chi connectivity index (χ1) is 11.6. The molecule has 1 heterocycles. The number of pyridine rings is 1. The third-order valence-electron chi connectivity index (χ3n) is 4.44. The lowest BCUT2D eigenvalue weighted by molar-refractivity contribution is 0.683. The summed E-state index contributed by atoms with van der Waals surface area (Å²) in [6, 6.07) is 2.21. The highest BCUT2D eigenvalue weighted by molar-refractivity contribution is 5.27. The summed E-state index contributed by atoms with van der Waals surface area (Å²) in [6.45, 7) is 12.8. The van der Waals surface area contributed by atoms with E-state index in [-0.39, 0.29) is 0 Å². The molecule has 1 rings (SSSR count). The van der Waals surface area contributed by atoms with Crippen LogP contribution in [0.25, 0.3) is 0 Å². The fraction of sp³-hybridized carbons (Fsp3) is 0.591. The van der Waals surface area contributed by atoms with Gasteiger partial charge in [-0.05, 0) is 56.2 Å². The number of nitrogens with zero attached hydrogens (tertiary/aromatic N) is 1. The molecule has 0 atom stereocenters. The van der Waals surface area contributed by atoms with Crippen LogP contribution in [0.3, 0.4) is 0 Å². The van der Waals surface area contributed by atoms with E-state index in [1.54, 1.807) is 5.57 Å². The van der Waals surface area contributed by atoms with Crippen LogP contribution < -0.4 is 5.32 Å². The maximum absolute atomic E-state index is 4.56. The Labute approximate surface area is 149 Å². The van der Waals surface area contributed by atoms with E-state index in [9.17, 15) is 0 Å². The lowest BCUT2D eigenvalue weighted by Crippen LogP contribution is -2.19. The minimum Gasteiger partial charge on any atom is -0.307 e. The van der Waals surface area contributed by atoms with Crippen LogP contribution in [0, 0.1) is 13.8 Å². The zero-order chi connectivity index (χ0) is 17.8. The van der Waals surface area contributed by atoms with Gasteiger partial charge in [0.2, 0.25) is 0 Å². The summed E-state index contributed by atoms with van der Waals surface area (Å²) in [5.41, 5.74) is 6.74. The van der Waals surface area contributed by atoms with Crippen molar-refractivity contribution in [2.75, 3.05) is 6.54 Å². The van der Waals surface area contributed by atoms with E-state index in [1.807, 2.05) is 6.20 Å². The molecule has 1 aromatic rings. The normalized spacial score (nSPS) is 12.7. The molecular formula is C22H36N2. The van der Waals surface area contributed by atoms with Crippen molar-refractivity contribution in [2.24, 2.45) is 0 Å². The van der Waals surface area contributed by atoms with Crippen LogP contribution in [0.2, 0.25) is 0 Å². The van der Waals surface area contributed by atoms with Gasteiger partial charge in [-0.3, -0.25) is 4.98 Å². The van der Waals surface area contributed by atoms with Crippen LogP contribution in [0.4, 0.5) is 0 Å². The quantitative estimate of drug-likeness (QED) is 0.395. The van der Waals surface area contributed by atoms with Gasteiger partial charge in [-0.2, -0.15) is 0 Å². The number of aryl methyl sites for hydroxylation is 2. The second-order valence-electron chi connectivity index (χ2n) is 6.63. The van der Waals surface area contributed by atoms with Crippen LogP contribution in [0.1, 0.15) is 76.1 Å². The monoisotopic (exact) mass is 328 g/mol. The van der Waals surface area contributed by atoms with Crippen molar-refractivity contribution in [3.8, 4) is 0 Å². The first-order valence-corrected chi connectivity index (χ1v) is 9.62. The van der Waals surface area contributed by atoms with E-state index in [2.05, 4.69) is 63.1 Å². The van der Waals surface area contributed by atoms with E-state index >= 15 is 0 Å². The highest BCUT2D eigenvalue weighted by Crippen LogP contribution is 2.18. The number of aromatic nitrogens is 1. The largest absolute Gasteiger partial charge is 0.307 e. The van der Waals surface area contributed by atoms with E-state index in [0.717, 1.165) is 31.6 Å². The van der Waals surface area contributed by atoms with Gasteiger partial charge in [0.1, 0.15) is 0 Å². The molecule has 0 unspecified atom stereocenters. The minimum absolute atomic E-state index is 0.843. The molecule has 0 fully saturated rings. The molecule has 0 aromatic carbocycles. The Bertz CT molecular complexity index is 541. The summed E-state index contributed by atoms with van der Waals surface area (Å²) >= 11 is 0. The van der Waals surface area contributed by atoms with E-state index in [0.29, 0.717) is 0 Å². The molecule has 134 valence electrons. The Balaban J connectivity index is 2.70. The van der Waals surface area contributed by atoms with E-state index < -0.39 is 0 Å². The molecular weight excluding hydrogens is 292 g/mol. The van der Waals surface area contributed by atoms with Gasteiger partial charge >= 0.3 is 0 Å². The maximum Gasteiger partial charge on any atom is 0.0571 e. The number of unbranched alkanes of at least 4 members (excludes halogenated alkanes) is 2. The summed E-state index contributed by atoms with van der Waals surface area (Å²) in [5.74, 6) is 0. The zero-order valence-corrected chi connectivity index (χ0v) is 16.4. The molecule has 0 aliphatic carbocycles. The molecule has 0 amide bonds. The van der Waals surface area contributed by atoms with Crippen molar-refractivity contribution in [1.82, 2.24) is 10.3 Å². The van der Waals surface area contributed by atoms with Crippen molar-refractivity contribution in [2.45, 2.75) is 79.7 Å². The second kappa shape index (κ2) is 12.0. The third kappa shape index (κ3) is 7.44. The Morgan fingerprint density at radius 1 is 1.17 bits per heavy atom. The predicted octanol–water partition coefficient (Wildman–Crippen LogP) is 6.04. The minimum atomic E-state index is 0.843. The topological polar surface area (TPSA) is 24.9 Å². The molecule has 1 N–H and O–H groups in total. The van der Waals surface area contributed by atoms with Crippen LogP contribution in [-0.2, 0) is 6.54 Å². The van der Waals surface area contributed by atoms with Crippen LogP contribution in [0.5, 0.6) is 0 Å². The number of rotatable bonds is 11. The lowest BCUT2D eigenvalue weighted by Gasteiger charge is -2.14. The van der Waals surface area contributed by atoms with Gasteiger partial charge in [0.05, 0.1) is 5.69 Å². The van der Waals surface area contributed by atoms with Crippen LogP contribution in [-0.4, -0.2) is 11.5 Å². The van der Waals surface area contributed by atoms with Crippen molar-refractivity contribution in [3.63, 3.8) is 0 Å². The highest BCUT2D eigenvalue weighted by Gasteiger charge is 2.05. The molecule has 0 saturated heterocycles. The van der Waals surface area contributed by atoms with Gasteiger partial charge in [-0.25, -0.2) is 0 Å². The maximum atomic E-state index is 4.56. The molecule has 1 aromatic heterocycles. The van der Waals surface area contributed by atoms with Crippen LogP contribution in [0.15, 0.2) is 35.6 Å². The van der Waals surface area contributed by atoms with Crippen molar-refractivity contribution < 1.29 is 0 Å². The Morgan fingerprint density at radius 3 is 2.58 bits per heavy atom. The van der Waals surface area contributed by atoms with Gasteiger partial charge < -0.3 is 5.32 Å². The Kier molecular flexibility index (Phi) is 10.3. The summed E-state index contributed by atoms with van der Waals surface area (Å²) in [6.07, 6.45) is 13.9. The van der Waals surface area contributed by atoms with Gasteiger partial charge in [-0.1, -0.05) is 57.4 Å². The lowest BCUT2D eigenvalue weighted by atomic mass is 9.98. The summed E-state index contributed by atoms with van der Waals surface area (Å²) in [7, 11) is 0. The van der Waals surface area contributed by atoms with Crippen LogP contribution >= 0.6 is 0 Å². The van der Waals surface area contributed by atoms with E-state index in [1.165, 1.54) is 42.4 Å². The number of allylic oxidation sites excluding steroid dienone is 3. The van der Waals surface area contributed by atoms with Gasteiger partial charge in [0.25, 0.3) is 0 Å².